The Morgan fingerprint density at radius 1 is 1.44 bits per heavy atom. The van der Waals surface area contributed by atoms with Crippen LogP contribution >= 0.6 is 0 Å². The molecule has 2 rings (SSSR count). The molecule has 0 aromatic carbocycles. The Bertz CT molecular complexity index is 501. The summed E-state index contributed by atoms with van der Waals surface area (Å²) in [4.78, 5) is 0. The van der Waals surface area contributed by atoms with E-state index in [1.807, 2.05) is 24.7 Å². The molecule has 0 radical (unpaired) electrons. The first kappa shape index (κ1) is 12.9. The molecule has 2 aromatic rings. The van der Waals surface area contributed by atoms with E-state index in [4.69, 9.17) is 10.3 Å². The molecule has 0 fully saturated rings. The maximum atomic E-state index is 5.64. The number of hydrogen-bond acceptors (Lipinski definition) is 4. The van der Waals surface area contributed by atoms with Gasteiger partial charge in [-0.2, -0.15) is 5.10 Å². The Morgan fingerprint density at radius 3 is 2.72 bits per heavy atom. The summed E-state index contributed by atoms with van der Waals surface area (Å²) < 4.78 is 6.99. The third-order valence-corrected chi connectivity index (χ3v) is 3.41. The van der Waals surface area contributed by atoms with E-state index in [0.717, 1.165) is 24.1 Å². The third kappa shape index (κ3) is 2.63. The molecule has 0 aliphatic heterocycles. The first-order valence-electron chi connectivity index (χ1n) is 6.08. The predicted octanol–water partition coefficient (Wildman–Crippen LogP) is 1.25. The lowest BCUT2D eigenvalue weighted by Gasteiger charge is -2.15. The summed E-state index contributed by atoms with van der Waals surface area (Å²) >= 11 is 0. The molecule has 0 saturated carbocycles. The lowest BCUT2D eigenvalue weighted by Crippen LogP contribution is -2.38. The highest BCUT2D eigenvalue weighted by molar-refractivity contribution is 5.26. The molecule has 0 amide bonds. The maximum Gasteiger partial charge on any atom is 0.0935 e. The first-order valence-corrected chi connectivity index (χ1v) is 6.08. The SMILES string of the molecule is Cc1nn(C)c(C)c1CC(Cc1ccoc1)NN. The van der Waals surface area contributed by atoms with E-state index in [1.165, 1.54) is 11.3 Å². The van der Waals surface area contributed by atoms with Crippen LogP contribution in [0.2, 0.25) is 0 Å². The number of furan rings is 1. The number of nitrogens with zero attached hydrogens (tertiary/aromatic N) is 2. The number of nitrogens with two attached hydrogens (primary N) is 1. The highest BCUT2D eigenvalue weighted by Crippen LogP contribution is 2.16. The summed E-state index contributed by atoms with van der Waals surface area (Å²) in [6.07, 6.45) is 5.16. The molecule has 0 saturated heterocycles. The Hall–Kier alpha value is -1.59. The van der Waals surface area contributed by atoms with Gasteiger partial charge in [0, 0.05) is 18.8 Å². The van der Waals surface area contributed by atoms with Crippen LogP contribution in [0.3, 0.4) is 0 Å². The molecule has 2 heterocycles. The van der Waals surface area contributed by atoms with Crippen LogP contribution in [-0.4, -0.2) is 15.8 Å². The molecule has 3 N–H and O–H groups in total. The van der Waals surface area contributed by atoms with Gasteiger partial charge in [-0.15, -0.1) is 0 Å². The maximum absolute atomic E-state index is 5.64. The molecule has 2 aromatic heterocycles. The van der Waals surface area contributed by atoms with Crippen LogP contribution in [0.4, 0.5) is 0 Å². The first-order chi connectivity index (χ1) is 8.61. The van der Waals surface area contributed by atoms with Crippen LogP contribution < -0.4 is 11.3 Å². The Morgan fingerprint density at radius 2 is 2.22 bits per heavy atom. The van der Waals surface area contributed by atoms with Gasteiger partial charge in [-0.25, -0.2) is 0 Å². The van der Waals surface area contributed by atoms with Crippen molar-refractivity contribution < 1.29 is 4.42 Å². The second kappa shape index (κ2) is 5.37. The fraction of sp³-hybridized carbons (Fsp3) is 0.462. The molecule has 98 valence electrons. The normalized spacial score (nSPS) is 12.9. The average Bonchev–Trinajstić information content (AvgIpc) is 2.92. The van der Waals surface area contributed by atoms with Crippen molar-refractivity contribution in [1.82, 2.24) is 15.2 Å². The van der Waals surface area contributed by atoms with Gasteiger partial charge < -0.3 is 4.42 Å². The summed E-state index contributed by atoms with van der Waals surface area (Å²) in [6.45, 7) is 4.12. The van der Waals surface area contributed by atoms with Gasteiger partial charge in [0.2, 0.25) is 0 Å². The standard InChI is InChI=1S/C13H20N4O/c1-9-13(10(2)17(3)16-9)7-12(15-14)6-11-4-5-18-8-11/h4-5,8,12,15H,6-7,14H2,1-3H3. The van der Waals surface area contributed by atoms with Crippen molar-refractivity contribution in [3.8, 4) is 0 Å². The molecule has 5 nitrogen and oxygen atoms in total. The predicted molar refractivity (Wildman–Crippen MR) is 69.9 cm³/mol. The second-order valence-corrected chi connectivity index (χ2v) is 4.68. The second-order valence-electron chi connectivity index (χ2n) is 4.68. The minimum atomic E-state index is 0.184. The van der Waals surface area contributed by atoms with Gasteiger partial charge in [0.25, 0.3) is 0 Å². The largest absolute Gasteiger partial charge is 0.472 e. The van der Waals surface area contributed by atoms with Crippen LogP contribution in [0.25, 0.3) is 0 Å². The van der Waals surface area contributed by atoms with Crippen molar-refractivity contribution in [2.45, 2.75) is 32.7 Å². The molecule has 1 unspecified atom stereocenters. The number of aromatic nitrogens is 2. The third-order valence-electron chi connectivity index (χ3n) is 3.41. The van der Waals surface area contributed by atoms with Crippen molar-refractivity contribution in [3.05, 3.63) is 41.1 Å². The smallest absolute Gasteiger partial charge is 0.0935 e. The molecule has 0 bridgehead atoms. The highest BCUT2D eigenvalue weighted by atomic mass is 16.3. The van der Waals surface area contributed by atoms with Crippen molar-refractivity contribution >= 4 is 0 Å². The molecule has 0 aliphatic rings. The van der Waals surface area contributed by atoms with E-state index in [9.17, 15) is 0 Å². The highest BCUT2D eigenvalue weighted by Gasteiger charge is 2.15. The molecule has 0 spiro atoms. The minimum absolute atomic E-state index is 0.184. The van der Waals surface area contributed by atoms with Gasteiger partial charge in [-0.05, 0) is 43.9 Å². The summed E-state index contributed by atoms with van der Waals surface area (Å²) in [5.41, 5.74) is 7.56. The Kier molecular flexibility index (Phi) is 3.84. The van der Waals surface area contributed by atoms with Crippen molar-refractivity contribution in [2.24, 2.45) is 12.9 Å². The fourth-order valence-corrected chi connectivity index (χ4v) is 2.24. The number of nitrogens with one attached hydrogen (secondary N) is 1. The lowest BCUT2D eigenvalue weighted by atomic mass is 10.00. The average molecular weight is 248 g/mol. The fourth-order valence-electron chi connectivity index (χ4n) is 2.24. The zero-order valence-corrected chi connectivity index (χ0v) is 11.1. The van der Waals surface area contributed by atoms with Crippen LogP contribution in [-0.2, 0) is 19.9 Å². The van der Waals surface area contributed by atoms with Gasteiger partial charge in [0.1, 0.15) is 0 Å². The van der Waals surface area contributed by atoms with Crippen molar-refractivity contribution in [3.63, 3.8) is 0 Å². The topological polar surface area (TPSA) is 69.0 Å². The quantitative estimate of drug-likeness (QED) is 0.617. The van der Waals surface area contributed by atoms with Gasteiger partial charge in [-0.1, -0.05) is 0 Å². The molecular formula is C13H20N4O. The molecule has 5 heteroatoms. The van der Waals surface area contributed by atoms with Gasteiger partial charge in [0.15, 0.2) is 0 Å². The van der Waals surface area contributed by atoms with E-state index in [-0.39, 0.29) is 6.04 Å². The van der Waals surface area contributed by atoms with Gasteiger partial charge in [0.05, 0.1) is 18.2 Å². The zero-order valence-electron chi connectivity index (χ0n) is 11.1. The van der Waals surface area contributed by atoms with Crippen LogP contribution in [0.1, 0.15) is 22.5 Å². The molecule has 0 aliphatic carbocycles. The van der Waals surface area contributed by atoms with E-state index in [2.05, 4.69) is 17.4 Å². The molecule has 18 heavy (non-hydrogen) atoms. The van der Waals surface area contributed by atoms with E-state index in [1.54, 1.807) is 12.5 Å². The number of hydrazine groups is 1. The van der Waals surface area contributed by atoms with E-state index < -0.39 is 0 Å². The van der Waals surface area contributed by atoms with Crippen LogP contribution in [0.15, 0.2) is 23.0 Å². The number of rotatable bonds is 5. The summed E-state index contributed by atoms with van der Waals surface area (Å²) in [5, 5.41) is 4.42. The van der Waals surface area contributed by atoms with Crippen LogP contribution in [0, 0.1) is 13.8 Å². The number of aryl methyl sites for hydroxylation is 2. The molecule has 1 atom stereocenters. The van der Waals surface area contributed by atoms with Crippen molar-refractivity contribution in [2.75, 3.05) is 0 Å². The Labute approximate surface area is 107 Å². The van der Waals surface area contributed by atoms with E-state index in [0.29, 0.717) is 0 Å². The summed E-state index contributed by atoms with van der Waals surface area (Å²) in [6, 6.07) is 2.15. The number of hydrogen-bond donors (Lipinski definition) is 2. The summed E-state index contributed by atoms with van der Waals surface area (Å²) in [5.74, 6) is 5.64. The van der Waals surface area contributed by atoms with Gasteiger partial charge >= 0.3 is 0 Å². The lowest BCUT2D eigenvalue weighted by molar-refractivity contribution is 0.512. The van der Waals surface area contributed by atoms with Crippen LogP contribution in [0.5, 0.6) is 0 Å². The van der Waals surface area contributed by atoms with Gasteiger partial charge in [-0.3, -0.25) is 16.0 Å². The monoisotopic (exact) mass is 248 g/mol. The van der Waals surface area contributed by atoms with Crippen molar-refractivity contribution in [1.29, 1.82) is 0 Å². The van der Waals surface area contributed by atoms with E-state index >= 15 is 0 Å². The summed E-state index contributed by atoms with van der Waals surface area (Å²) in [7, 11) is 1.97. The molecular weight excluding hydrogens is 228 g/mol. The zero-order chi connectivity index (χ0) is 13.1. The Balaban J connectivity index is 2.10. The minimum Gasteiger partial charge on any atom is -0.472 e.